The molecule has 5 nitrogen and oxygen atoms in total. The van der Waals surface area contributed by atoms with E-state index in [2.05, 4.69) is 15.0 Å². The predicted octanol–water partition coefficient (Wildman–Crippen LogP) is 2.67. The van der Waals surface area contributed by atoms with Crippen molar-refractivity contribution >= 4 is 17.7 Å². The van der Waals surface area contributed by atoms with E-state index in [0.717, 1.165) is 30.3 Å². The lowest BCUT2D eigenvalue weighted by Crippen LogP contribution is -2.05. The fourth-order valence-corrected chi connectivity index (χ4v) is 2.06. The van der Waals surface area contributed by atoms with Gasteiger partial charge in [-0.3, -0.25) is 0 Å². The first-order valence-corrected chi connectivity index (χ1v) is 6.67. The molecule has 0 aliphatic rings. The Bertz CT molecular complexity index is 612. The molecule has 2 rings (SSSR count). The number of nitrogens with zero attached hydrogens (tertiary/aromatic N) is 3. The number of hydrogen-bond acceptors (Lipinski definition) is 6. The van der Waals surface area contributed by atoms with Crippen molar-refractivity contribution in [2.45, 2.75) is 23.4 Å². The summed E-state index contributed by atoms with van der Waals surface area (Å²) >= 11 is 0.921. The summed E-state index contributed by atoms with van der Waals surface area (Å²) < 4.78 is 31.6. The van der Waals surface area contributed by atoms with Gasteiger partial charge in [0.15, 0.2) is 0 Å². The molecule has 0 unspecified atom stereocenters. The number of halogens is 2. The lowest BCUT2D eigenvalue weighted by Gasteiger charge is -2.06. The van der Waals surface area contributed by atoms with Crippen molar-refractivity contribution in [3.05, 3.63) is 29.8 Å². The minimum absolute atomic E-state index is 0.0175. The molecule has 1 aromatic carbocycles. The number of ether oxygens (including phenoxy) is 1. The molecule has 0 fully saturated rings. The predicted molar refractivity (Wildman–Crippen MR) is 70.5 cm³/mol. The van der Waals surface area contributed by atoms with E-state index in [1.807, 2.05) is 6.92 Å². The highest BCUT2D eigenvalue weighted by molar-refractivity contribution is 7.99. The Morgan fingerprint density at radius 1 is 1.25 bits per heavy atom. The van der Waals surface area contributed by atoms with E-state index in [4.69, 9.17) is 10.5 Å². The third kappa shape index (κ3) is 3.77. The summed E-state index contributed by atoms with van der Waals surface area (Å²) in [6, 6.07) is 3.35. The zero-order valence-electron chi connectivity index (χ0n) is 10.6. The molecule has 0 spiro atoms. The van der Waals surface area contributed by atoms with Crippen molar-refractivity contribution in [3.8, 4) is 6.01 Å². The van der Waals surface area contributed by atoms with Crippen molar-refractivity contribution in [3.63, 3.8) is 0 Å². The average Bonchev–Trinajstić information content (AvgIpc) is 2.39. The van der Waals surface area contributed by atoms with Crippen LogP contribution in [0.2, 0.25) is 0 Å². The molecule has 1 aromatic heterocycles. The van der Waals surface area contributed by atoms with Crippen LogP contribution in [-0.2, 0) is 0 Å². The van der Waals surface area contributed by atoms with Crippen molar-refractivity contribution in [2.24, 2.45) is 0 Å². The standard InChI is InChI=1S/C12H12F2N4OS/c1-2-5-19-11-16-10(15)17-12(18-11)20-9-4-3-7(13)6-8(9)14/h3-4,6H,2,5H2,1H3,(H2,15,16,17,18). The Morgan fingerprint density at radius 3 is 2.75 bits per heavy atom. The van der Waals surface area contributed by atoms with Gasteiger partial charge in [0.25, 0.3) is 0 Å². The van der Waals surface area contributed by atoms with Crippen LogP contribution in [0.5, 0.6) is 6.01 Å². The highest BCUT2D eigenvalue weighted by Crippen LogP contribution is 2.28. The topological polar surface area (TPSA) is 73.9 Å². The maximum absolute atomic E-state index is 13.5. The van der Waals surface area contributed by atoms with Gasteiger partial charge in [0, 0.05) is 6.07 Å². The highest BCUT2D eigenvalue weighted by Gasteiger charge is 2.11. The van der Waals surface area contributed by atoms with Gasteiger partial charge in [0.1, 0.15) is 11.6 Å². The summed E-state index contributed by atoms with van der Waals surface area (Å²) in [5.41, 5.74) is 5.54. The molecule has 0 saturated heterocycles. The SMILES string of the molecule is CCCOc1nc(N)nc(Sc2ccc(F)cc2F)n1. The third-order valence-corrected chi connectivity index (χ3v) is 3.06. The van der Waals surface area contributed by atoms with Crippen LogP contribution < -0.4 is 10.5 Å². The Morgan fingerprint density at radius 2 is 2.05 bits per heavy atom. The molecule has 20 heavy (non-hydrogen) atoms. The monoisotopic (exact) mass is 298 g/mol. The average molecular weight is 298 g/mol. The van der Waals surface area contributed by atoms with Gasteiger partial charge in [-0.05, 0) is 30.3 Å². The molecule has 0 saturated carbocycles. The molecule has 8 heteroatoms. The fraction of sp³-hybridized carbons (Fsp3) is 0.250. The second-order valence-corrected chi connectivity index (χ2v) is 4.79. The number of nitrogens with two attached hydrogens (primary N) is 1. The van der Waals surface area contributed by atoms with Crippen molar-refractivity contribution in [1.29, 1.82) is 0 Å². The Kier molecular flexibility index (Phi) is 4.67. The minimum atomic E-state index is -0.690. The number of benzene rings is 1. The Labute approximate surface area is 118 Å². The minimum Gasteiger partial charge on any atom is -0.463 e. The molecular formula is C12H12F2N4OS. The number of nitrogen functional groups attached to an aromatic ring is 1. The van der Waals surface area contributed by atoms with Gasteiger partial charge in [0.2, 0.25) is 11.1 Å². The van der Waals surface area contributed by atoms with Gasteiger partial charge in [-0.15, -0.1) is 0 Å². The fourth-order valence-electron chi connectivity index (χ4n) is 1.31. The maximum atomic E-state index is 13.5. The van der Waals surface area contributed by atoms with Crippen LogP contribution >= 0.6 is 11.8 Å². The van der Waals surface area contributed by atoms with E-state index in [1.54, 1.807) is 0 Å². The molecule has 0 amide bonds. The van der Waals surface area contributed by atoms with Crippen molar-refractivity contribution in [1.82, 2.24) is 15.0 Å². The Balaban J connectivity index is 2.21. The zero-order valence-corrected chi connectivity index (χ0v) is 11.5. The smallest absolute Gasteiger partial charge is 0.322 e. The van der Waals surface area contributed by atoms with Crippen LogP contribution in [0.4, 0.5) is 14.7 Å². The van der Waals surface area contributed by atoms with E-state index >= 15 is 0 Å². The molecule has 0 atom stereocenters. The van der Waals surface area contributed by atoms with E-state index < -0.39 is 11.6 Å². The third-order valence-electron chi connectivity index (χ3n) is 2.14. The summed E-state index contributed by atoms with van der Waals surface area (Å²) in [7, 11) is 0. The van der Waals surface area contributed by atoms with Crippen LogP contribution in [0.15, 0.2) is 28.3 Å². The lowest BCUT2D eigenvalue weighted by atomic mass is 10.3. The van der Waals surface area contributed by atoms with E-state index in [1.165, 1.54) is 6.07 Å². The molecule has 2 N–H and O–H groups in total. The van der Waals surface area contributed by atoms with Crippen LogP contribution in [-0.4, -0.2) is 21.6 Å². The summed E-state index contributed by atoms with van der Waals surface area (Å²) in [6.45, 7) is 2.38. The molecule has 1 heterocycles. The molecule has 2 aromatic rings. The molecule has 0 aliphatic heterocycles. The van der Waals surface area contributed by atoms with Crippen LogP contribution in [0.3, 0.4) is 0 Å². The summed E-state index contributed by atoms with van der Waals surface area (Å²) in [5.74, 6) is -1.35. The molecule has 0 radical (unpaired) electrons. The largest absolute Gasteiger partial charge is 0.463 e. The van der Waals surface area contributed by atoms with Gasteiger partial charge < -0.3 is 10.5 Å². The van der Waals surface area contributed by atoms with Gasteiger partial charge >= 0.3 is 6.01 Å². The second kappa shape index (κ2) is 6.47. The quantitative estimate of drug-likeness (QED) is 0.914. The first kappa shape index (κ1) is 14.4. The first-order valence-electron chi connectivity index (χ1n) is 5.85. The van der Waals surface area contributed by atoms with Gasteiger partial charge in [0.05, 0.1) is 11.5 Å². The summed E-state index contributed by atoms with van der Waals surface area (Å²) in [4.78, 5) is 11.9. The van der Waals surface area contributed by atoms with Crippen molar-refractivity contribution < 1.29 is 13.5 Å². The first-order chi connectivity index (χ1) is 9.58. The normalized spacial score (nSPS) is 10.6. The van der Waals surface area contributed by atoms with Crippen LogP contribution in [0.25, 0.3) is 0 Å². The zero-order chi connectivity index (χ0) is 14.5. The van der Waals surface area contributed by atoms with E-state index in [0.29, 0.717) is 6.61 Å². The van der Waals surface area contributed by atoms with Crippen LogP contribution in [0.1, 0.15) is 13.3 Å². The summed E-state index contributed by atoms with van der Waals surface area (Å²) in [5, 5.41) is 0.189. The van der Waals surface area contributed by atoms with Crippen LogP contribution in [0, 0.1) is 11.6 Å². The second-order valence-electron chi connectivity index (χ2n) is 3.78. The van der Waals surface area contributed by atoms with Gasteiger partial charge in [-0.1, -0.05) is 6.92 Å². The van der Waals surface area contributed by atoms with Gasteiger partial charge in [-0.25, -0.2) is 8.78 Å². The Hall–Kier alpha value is -1.96. The van der Waals surface area contributed by atoms with Gasteiger partial charge in [-0.2, -0.15) is 15.0 Å². The number of anilines is 1. The maximum Gasteiger partial charge on any atom is 0.322 e. The molecule has 0 bridgehead atoms. The highest BCUT2D eigenvalue weighted by atomic mass is 32.2. The van der Waals surface area contributed by atoms with E-state index in [-0.39, 0.29) is 22.0 Å². The van der Waals surface area contributed by atoms with E-state index in [9.17, 15) is 8.78 Å². The molecule has 0 aliphatic carbocycles. The molecular weight excluding hydrogens is 286 g/mol. The number of rotatable bonds is 5. The number of aromatic nitrogens is 3. The summed E-state index contributed by atoms with van der Waals surface area (Å²) in [6.07, 6.45) is 0.792. The number of hydrogen-bond donors (Lipinski definition) is 1. The lowest BCUT2D eigenvalue weighted by molar-refractivity contribution is 0.288. The van der Waals surface area contributed by atoms with Crippen molar-refractivity contribution in [2.75, 3.05) is 12.3 Å². The molecule has 106 valence electrons.